The van der Waals surface area contributed by atoms with Crippen molar-refractivity contribution in [3.05, 3.63) is 52.8 Å². The second-order valence-corrected chi connectivity index (χ2v) is 4.09. The van der Waals surface area contributed by atoms with Gasteiger partial charge in [-0.25, -0.2) is 4.39 Å². The first-order chi connectivity index (χ1) is 7.16. The number of aromatic hydroxyl groups is 1. The van der Waals surface area contributed by atoms with Crippen LogP contribution in [0.5, 0.6) is 5.75 Å². The van der Waals surface area contributed by atoms with E-state index in [1.54, 1.807) is 30.3 Å². The van der Waals surface area contributed by atoms with Crippen molar-refractivity contribution in [1.82, 2.24) is 0 Å². The first-order valence-corrected chi connectivity index (χ1v) is 5.20. The molecule has 2 rings (SSSR count). The van der Waals surface area contributed by atoms with Crippen LogP contribution in [0.3, 0.4) is 0 Å². The summed E-state index contributed by atoms with van der Waals surface area (Å²) in [5.74, 6) is -0.171. The largest absolute Gasteiger partial charge is 0.507 e. The second kappa shape index (κ2) is 4.03. The molecule has 2 aromatic rings. The molecule has 0 amide bonds. The lowest BCUT2D eigenvalue weighted by molar-refractivity contribution is 0.477. The molecule has 0 unspecified atom stereocenters. The fourth-order valence-corrected chi connectivity index (χ4v) is 1.76. The molecular formula is C12H8BrFO. The molecule has 0 aromatic heterocycles. The van der Waals surface area contributed by atoms with Gasteiger partial charge in [0, 0.05) is 10.0 Å². The van der Waals surface area contributed by atoms with E-state index in [4.69, 9.17) is 0 Å². The number of phenolic OH excluding ortho intramolecular Hbond substituents is 1. The van der Waals surface area contributed by atoms with E-state index in [1.165, 1.54) is 12.1 Å². The van der Waals surface area contributed by atoms with Crippen LogP contribution in [-0.2, 0) is 0 Å². The van der Waals surface area contributed by atoms with Crippen molar-refractivity contribution in [2.75, 3.05) is 0 Å². The van der Waals surface area contributed by atoms with Gasteiger partial charge in [-0.05, 0) is 35.9 Å². The molecule has 0 saturated heterocycles. The molecule has 0 heterocycles. The monoisotopic (exact) mass is 266 g/mol. The average Bonchev–Trinajstić information content (AvgIpc) is 2.22. The molecule has 0 aliphatic heterocycles. The van der Waals surface area contributed by atoms with Gasteiger partial charge in [0.15, 0.2) is 0 Å². The van der Waals surface area contributed by atoms with Gasteiger partial charge in [-0.1, -0.05) is 28.1 Å². The SMILES string of the molecule is Oc1ccc(Br)cc1-c1cccc(F)c1. The Morgan fingerprint density at radius 1 is 1.07 bits per heavy atom. The lowest BCUT2D eigenvalue weighted by Crippen LogP contribution is -1.81. The number of benzene rings is 2. The first-order valence-electron chi connectivity index (χ1n) is 4.41. The Hall–Kier alpha value is -1.35. The minimum atomic E-state index is -0.313. The van der Waals surface area contributed by atoms with Gasteiger partial charge in [-0.3, -0.25) is 0 Å². The van der Waals surface area contributed by atoms with E-state index in [1.807, 2.05) is 0 Å². The van der Waals surface area contributed by atoms with Gasteiger partial charge in [-0.2, -0.15) is 0 Å². The van der Waals surface area contributed by atoms with Crippen molar-refractivity contribution in [1.29, 1.82) is 0 Å². The van der Waals surface area contributed by atoms with Gasteiger partial charge in [0.25, 0.3) is 0 Å². The van der Waals surface area contributed by atoms with Crippen molar-refractivity contribution >= 4 is 15.9 Å². The quantitative estimate of drug-likeness (QED) is 0.829. The third kappa shape index (κ3) is 2.18. The molecule has 2 aromatic carbocycles. The summed E-state index contributed by atoms with van der Waals surface area (Å²) in [6.07, 6.45) is 0. The maximum atomic E-state index is 13.0. The lowest BCUT2D eigenvalue weighted by atomic mass is 10.0. The molecule has 15 heavy (non-hydrogen) atoms. The zero-order chi connectivity index (χ0) is 10.8. The maximum absolute atomic E-state index is 13.0. The number of hydrogen-bond acceptors (Lipinski definition) is 1. The third-order valence-corrected chi connectivity index (χ3v) is 2.59. The summed E-state index contributed by atoms with van der Waals surface area (Å²) in [5.41, 5.74) is 1.28. The van der Waals surface area contributed by atoms with Crippen LogP contribution in [0, 0.1) is 5.82 Å². The Bertz CT molecular complexity index is 497. The summed E-state index contributed by atoms with van der Waals surface area (Å²) < 4.78 is 13.8. The van der Waals surface area contributed by atoms with Gasteiger partial charge in [0.1, 0.15) is 11.6 Å². The van der Waals surface area contributed by atoms with E-state index in [2.05, 4.69) is 15.9 Å². The Balaban J connectivity index is 2.58. The fraction of sp³-hybridized carbons (Fsp3) is 0. The average molecular weight is 267 g/mol. The molecule has 0 aliphatic rings. The molecule has 0 spiro atoms. The van der Waals surface area contributed by atoms with Crippen LogP contribution in [0.25, 0.3) is 11.1 Å². The van der Waals surface area contributed by atoms with Gasteiger partial charge in [-0.15, -0.1) is 0 Å². The Labute approximate surface area is 95.3 Å². The highest BCUT2D eigenvalue weighted by Crippen LogP contribution is 2.31. The Kier molecular flexibility index (Phi) is 2.73. The number of hydrogen-bond donors (Lipinski definition) is 1. The summed E-state index contributed by atoms with van der Waals surface area (Å²) in [7, 11) is 0. The summed E-state index contributed by atoms with van der Waals surface area (Å²) in [6.45, 7) is 0. The van der Waals surface area contributed by atoms with Gasteiger partial charge in [0.2, 0.25) is 0 Å². The summed E-state index contributed by atoms with van der Waals surface area (Å²) in [6, 6.07) is 11.2. The standard InChI is InChI=1S/C12H8BrFO/c13-9-4-5-12(15)11(7-9)8-2-1-3-10(14)6-8/h1-7,15H. The zero-order valence-electron chi connectivity index (χ0n) is 7.74. The molecule has 0 bridgehead atoms. The van der Waals surface area contributed by atoms with Crippen molar-refractivity contribution in [2.24, 2.45) is 0 Å². The highest BCUT2D eigenvalue weighted by atomic mass is 79.9. The number of halogens is 2. The van der Waals surface area contributed by atoms with Crippen LogP contribution in [0.4, 0.5) is 4.39 Å². The lowest BCUT2D eigenvalue weighted by Gasteiger charge is -2.05. The molecule has 1 N–H and O–H groups in total. The van der Waals surface area contributed by atoms with E-state index >= 15 is 0 Å². The van der Waals surface area contributed by atoms with E-state index in [-0.39, 0.29) is 11.6 Å². The topological polar surface area (TPSA) is 20.2 Å². The molecule has 0 radical (unpaired) electrons. The minimum absolute atomic E-state index is 0.142. The molecular weight excluding hydrogens is 259 g/mol. The van der Waals surface area contributed by atoms with Crippen LogP contribution in [-0.4, -0.2) is 5.11 Å². The van der Waals surface area contributed by atoms with Crippen LogP contribution in [0.15, 0.2) is 46.9 Å². The summed E-state index contributed by atoms with van der Waals surface area (Å²) in [5, 5.41) is 9.64. The molecule has 1 nitrogen and oxygen atoms in total. The molecule has 0 saturated carbocycles. The predicted octanol–water partition coefficient (Wildman–Crippen LogP) is 3.96. The van der Waals surface area contributed by atoms with E-state index in [0.717, 1.165) is 4.47 Å². The van der Waals surface area contributed by atoms with Crippen LogP contribution < -0.4 is 0 Å². The normalized spacial score (nSPS) is 10.3. The maximum Gasteiger partial charge on any atom is 0.123 e. The number of phenols is 1. The molecule has 0 atom stereocenters. The molecule has 0 fully saturated rings. The minimum Gasteiger partial charge on any atom is -0.507 e. The van der Waals surface area contributed by atoms with Crippen molar-refractivity contribution in [2.45, 2.75) is 0 Å². The van der Waals surface area contributed by atoms with Crippen molar-refractivity contribution in [3.8, 4) is 16.9 Å². The van der Waals surface area contributed by atoms with Crippen LogP contribution >= 0.6 is 15.9 Å². The van der Waals surface area contributed by atoms with E-state index in [9.17, 15) is 9.50 Å². The summed E-state index contributed by atoms with van der Waals surface area (Å²) in [4.78, 5) is 0. The smallest absolute Gasteiger partial charge is 0.123 e. The van der Waals surface area contributed by atoms with Crippen molar-refractivity contribution < 1.29 is 9.50 Å². The zero-order valence-corrected chi connectivity index (χ0v) is 9.33. The molecule has 76 valence electrons. The van der Waals surface area contributed by atoms with E-state index < -0.39 is 0 Å². The molecule has 3 heteroatoms. The van der Waals surface area contributed by atoms with Crippen LogP contribution in [0.1, 0.15) is 0 Å². The first kappa shape index (κ1) is 10.2. The second-order valence-electron chi connectivity index (χ2n) is 3.17. The summed E-state index contributed by atoms with van der Waals surface area (Å²) >= 11 is 3.31. The fourth-order valence-electron chi connectivity index (χ4n) is 1.40. The van der Waals surface area contributed by atoms with Gasteiger partial charge < -0.3 is 5.11 Å². The van der Waals surface area contributed by atoms with Crippen molar-refractivity contribution in [3.63, 3.8) is 0 Å². The van der Waals surface area contributed by atoms with Crippen LogP contribution in [0.2, 0.25) is 0 Å². The Morgan fingerprint density at radius 3 is 2.60 bits per heavy atom. The van der Waals surface area contributed by atoms with Gasteiger partial charge >= 0.3 is 0 Å². The highest BCUT2D eigenvalue weighted by Gasteiger charge is 2.05. The molecule has 0 aliphatic carbocycles. The predicted molar refractivity (Wildman–Crippen MR) is 61.2 cm³/mol. The third-order valence-electron chi connectivity index (χ3n) is 2.09. The van der Waals surface area contributed by atoms with E-state index in [0.29, 0.717) is 11.1 Å². The number of rotatable bonds is 1. The Morgan fingerprint density at radius 2 is 1.87 bits per heavy atom. The van der Waals surface area contributed by atoms with Gasteiger partial charge in [0.05, 0.1) is 0 Å². The highest BCUT2D eigenvalue weighted by molar-refractivity contribution is 9.10.